The number of ketones is 1. The number of carbonyl (C=O) groups excluding carboxylic acids is 1. The number of alkyl halides is 1. The average molecular weight is 276 g/mol. The van der Waals surface area contributed by atoms with Crippen LogP contribution in [-0.2, 0) is 6.42 Å². The first-order valence-corrected chi connectivity index (χ1v) is 5.76. The molecule has 0 N–H and O–H groups in total. The molecule has 0 amide bonds. The standard InChI is InChI=1S/C11H12BrClO/c1-3-8-4-5-9(10(12)6-8)11(14)7(2)13/h4-7H,3H2,1-2H3. The van der Waals surface area contributed by atoms with Gasteiger partial charge in [0.1, 0.15) is 0 Å². The highest BCUT2D eigenvalue weighted by Crippen LogP contribution is 2.21. The van der Waals surface area contributed by atoms with Crippen molar-refractivity contribution in [2.45, 2.75) is 25.6 Å². The van der Waals surface area contributed by atoms with Gasteiger partial charge >= 0.3 is 0 Å². The molecule has 0 aromatic heterocycles. The first kappa shape index (κ1) is 11.7. The summed E-state index contributed by atoms with van der Waals surface area (Å²) in [5.41, 5.74) is 1.86. The van der Waals surface area contributed by atoms with Crippen LogP contribution in [0.1, 0.15) is 29.8 Å². The van der Waals surface area contributed by atoms with Crippen LogP contribution >= 0.6 is 27.5 Å². The summed E-state index contributed by atoms with van der Waals surface area (Å²) >= 11 is 9.12. The number of carbonyl (C=O) groups is 1. The van der Waals surface area contributed by atoms with E-state index in [1.165, 1.54) is 5.56 Å². The fraction of sp³-hybridized carbons (Fsp3) is 0.364. The van der Waals surface area contributed by atoms with Crippen LogP contribution < -0.4 is 0 Å². The van der Waals surface area contributed by atoms with Gasteiger partial charge in [0, 0.05) is 10.0 Å². The Bertz CT molecular complexity index is 347. The Morgan fingerprint density at radius 2 is 2.21 bits per heavy atom. The molecule has 0 aliphatic carbocycles. The Balaban J connectivity index is 3.06. The number of rotatable bonds is 3. The predicted octanol–water partition coefficient (Wildman–Crippen LogP) is 3.82. The molecule has 0 fully saturated rings. The number of aryl methyl sites for hydroxylation is 1. The second kappa shape index (κ2) is 4.94. The van der Waals surface area contributed by atoms with Crippen molar-refractivity contribution in [1.82, 2.24) is 0 Å². The minimum absolute atomic E-state index is 0.0406. The highest BCUT2D eigenvalue weighted by atomic mass is 79.9. The maximum Gasteiger partial charge on any atom is 0.181 e. The lowest BCUT2D eigenvalue weighted by atomic mass is 10.1. The summed E-state index contributed by atoms with van der Waals surface area (Å²) in [5.74, 6) is -0.0406. The Labute approximate surface area is 97.6 Å². The van der Waals surface area contributed by atoms with Crippen LogP contribution in [0.3, 0.4) is 0 Å². The molecule has 0 saturated carbocycles. The zero-order valence-corrected chi connectivity index (χ0v) is 10.5. The molecule has 0 aliphatic heterocycles. The number of Topliss-reactive ketones (excluding diaryl/α,β-unsaturated/α-hetero) is 1. The lowest BCUT2D eigenvalue weighted by Gasteiger charge is -2.06. The van der Waals surface area contributed by atoms with Crippen LogP contribution in [-0.4, -0.2) is 11.2 Å². The van der Waals surface area contributed by atoms with Gasteiger partial charge in [-0.15, -0.1) is 11.6 Å². The molecule has 0 radical (unpaired) electrons. The van der Waals surface area contributed by atoms with E-state index >= 15 is 0 Å². The van der Waals surface area contributed by atoms with Gasteiger partial charge in [-0.2, -0.15) is 0 Å². The Kier molecular flexibility index (Phi) is 4.14. The molecule has 0 bridgehead atoms. The van der Waals surface area contributed by atoms with E-state index in [4.69, 9.17) is 11.6 Å². The van der Waals surface area contributed by atoms with Crippen molar-refractivity contribution in [1.29, 1.82) is 0 Å². The van der Waals surface area contributed by atoms with Gasteiger partial charge in [0.15, 0.2) is 5.78 Å². The summed E-state index contributed by atoms with van der Waals surface area (Å²) in [6.07, 6.45) is 0.962. The van der Waals surface area contributed by atoms with Gasteiger partial charge in [-0.25, -0.2) is 0 Å². The van der Waals surface area contributed by atoms with E-state index in [-0.39, 0.29) is 5.78 Å². The minimum atomic E-state index is -0.473. The zero-order valence-electron chi connectivity index (χ0n) is 8.18. The Morgan fingerprint density at radius 3 is 2.64 bits per heavy atom. The summed E-state index contributed by atoms with van der Waals surface area (Å²) in [6.45, 7) is 3.76. The largest absolute Gasteiger partial charge is 0.292 e. The summed E-state index contributed by atoms with van der Waals surface area (Å²) in [7, 11) is 0. The molecule has 76 valence electrons. The molecule has 3 heteroatoms. The molecular formula is C11H12BrClO. The molecular weight excluding hydrogens is 263 g/mol. The normalized spacial score (nSPS) is 12.6. The molecule has 1 rings (SSSR count). The van der Waals surface area contributed by atoms with Crippen LogP contribution in [0.4, 0.5) is 0 Å². The van der Waals surface area contributed by atoms with Crippen molar-refractivity contribution >= 4 is 33.3 Å². The van der Waals surface area contributed by atoms with Crippen molar-refractivity contribution in [3.63, 3.8) is 0 Å². The van der Waals surface area contributed by atoms with Crippen LogP contribution in [0.15, 0.2) is 22.7 Å². The third-order valence-corrected chi connectivity index (χ3v) is 2.92. The van der Waals surface area contributed by atoms with Crippen LogP contribution in [0.2, 0.25) is 0 Å². The van der Waals surface area contributed by atoms with Gasteiger partial charge < -0.3 is 0 Å². The lowest BCUT2D eigenvalue weighted by molar-refractivity contribution is 0.0991. The average Bonchev–Trinajstić information content (AvgIpc) is 2.16. The van der Waals surface area contributed by atoms with E-state index in [0.717, 1.165) is 10.9 Å². The third kappa shape index (κ3) is 2.58. The van der Waals surface area contributed by atoms with Gasteiger partial charge in [-0.1, -0.05) is 28.9 Å². The molecule has 0 aliphatic rings. The first-order valence-electron chi connectivity index (χ1n) is 4.53. The number of halogens is 2. The molecule has 0 heterocycles. The van der Waals surface area contributed by atoms with E-state index in [1.807, 2.05) is 18.2 Å². The molecule has 1 aromatic carbocycles. The fourth-order valence-corrected chi connectivity index (χ4v) is 1.93. The number of hydrogen-bond donors (Lipinski definition) is 0. The van der Waals surface area contributed by atoms with Crippen LogP contribution in [0.25, 0.3) is 0 Å². The van der Waals surface area contributed by atoms with E-state index in [0.29, 0.717) is 5.56 Å². The van der Waals surface area contributed by atoms with E-state index < -0.39 is 5.38 Å². The molecule has 1 aromatic rings. The van der Waals surface area contributed by atoms with Crippen molar-refractivity contribution in [2.24, 2.45) is 0 Å². The molecule has 0 spiro atoms. The lowest BCUT2D eigenvalue weighted by Crippen LogP contribution is -2.11. The van der Waals surface area contributed by atoms with Gasteiger partial charge in [-0.3, -0.25) is 4.79 Å². The maximum atomic E-state index is 11.6. The number of hydrogen-bond acceptors (Lipinski definition) is 1. The molecule has 1 unspecified atom stereocenters. The second-order valence-corrected chi connectivity index (χ2v) is 4.66. The van der Waals surface area contributed by atoms with Gasteiger partial charge in [0.05, 0.1) is 5.38 Å². The predicted molar refractivity (Wildman–Crippen MR) is 63.2 cm³/mol. The maximum absolute atomic E-state index is 11.6. The SMILES string of the molecule is CCc1ccc(C(=O)C(C)Cl)c(Br)c1. The number of benzene rings is 1. The van der Waals surface area contributed by atoms with Gasteiger partial charge in [-0.05, 0) is 31.0 Å². The minimum Gasteiger partial charge on any atom is -0.292 e. The molecule has 14 heavy (non-hydrogen) atoms. The van der Waals surface area contributed by atoms with E-state index in [2.05, 4.69) is 22.9 Å². The zero-order chi connectivity index (χ0) is 10.7. The van der Waals surface area contributed by atoms with Gasteiger partial charge in [0.2, 0.25) is 0 Å². The summed E-state index contributed by atoms with van der Waals surface area (Å²) < 4.78 is 0.828. The highest BCUT2D eigenvalue weighted by molar-refractivity contribution is 9.10. The monoisotopic (exact) mass is 274 g/mol. The molecule has 1 nitrogen and oxygen atoms in total. The van der Waals surface area contributed by atoms with Crippen molar-refractivity contribution in [3.8, 4) is 0 Å². The molecule has 0 saturated heterocycles. The fourth-order valence-electron chi connectivity index (χ4n) is 1.19. The van der Waals surface area contributed by atoms with Crippen molar-refractivity contribution in [2.75, 3.05) is 0 Å². The van der Waals surface area contributed by atoms with E-state index in [9.17, 15) is 4.79 Å². The third-order valence-electron chi connectivity index (χ3n) is 2.07. The van der Waals surface area contributed by atoms with Crippen molar-refractivity contribution in [3.05, 3.63) is 33.8 Å². The summed E-state index contributed by atoms with van der Waals surface area (Å²) in [4.78, 5) is 11.6. The highest BCUT2D eigenvalue weighted by Gasteiger charge is 2.15. The summed E-state index contributed by atoms with van der Waals surface area (Å²) in [5, 5.41) is -0.473. The topological polar surface area (TPSA) is 17.1 Å². The quantitative estimate of drug-likeness (QED) is 0.605. The van der Waals surface area contributed by atoms with Gasteiger partial charge in [0.25, 0.3) is 0 Å². The van der Waals surface area contributed by atoms with Crippen LogP contribution in [0.5, 0.6) is 0 Å². The Hall–Kier alpha value is -0.340. The van der Waals surface area contributed by atoms with Crippen LogP contribution in [0, 0.1) is 0 Å². The van der Waals surface area contributed by atoms with Crippen molar-refractivity contribution < 1.29 is 4.79 Å². The first-order chi connectivity index (χ1) is 6.56. The molecule has 1 atom stereocenters. The summed E-state index contributed by atoms with van der Waals surface area (Å²) in [6, 6.07) is 5.74. The Morgan fingerprint density at radius 1 is 1.57 bits per heavy atom. The second-order valence-electron chi connectivity index (χ2n) is 3.15. The smallest absolute Gasteiger partial charge is 0.181 e. The van der Waals surface area contributed by atoms with E-state index in [1.54, 1.807) is 6.92 Å².